The van der Waals surface area contributed by atoms with Crippen LogP contribution in [0.2, 0.25) is 0 Å². The highest BCUT2D eigenvalue weighted by atomic mass is 19.1. The molecule has 1 aromatic carbocycles. The SMILES string of the molecule is CCCNc1ccnc(C(=O)Nc2cc(F)cc(F)c2)c1. The zero-order valence-corrected chi connectivity index (χ0v) is 11.5. The van der Waals surface area contributed by atoms with Crippen LogP contribution in [0.15, 0.2) is 36.5 Å². The van der Waals surface area contributed by atoms with E-state index in [9.17, 15) is 13.6 Å². The number of rotatable bonds is 5. The largest absolute Gasteiger partial charge is 0.385 e. The van der Waals surface area contributed by atoms with E-state index in [1.54, 1.807) is 12.1 Å². The van der Waals surface area contributed by atoms with Crippen LogP contribution in [0.3, 0.4) is 0 Å². The molecule has 0 aliphatic heterocycles. The normalized spacial score (nSPS) is 10.2. The summed E-state index contributed by atoms with van der Waals surface area (Å²) in [6.07, 6.45) is 2.45. The second-order valence-electron chi connectivity index (χ2n) is 4.47. The van der Waals surface area contributed by atoms with E-state index in [0.29, 0.717) is 0 Å². The number of nitrogens with zero attached hydrogens (tertiary/aromatic N) is 1. The fraction of sp³-hybridized carbons (Fsp3) is 0.200. The van der Waals surface area contributed by atoms with Gasteiger partial charge < -0.3 is 10.6 Å². The van der Waals surface area contributed by atoms with Gasteiger partial charge in [-0.2, -0.15) is 0 Å². The first kappa shape index (κ1) is 14.9. The summed E-state index contributed by atoms with van der Waals surface area (Å²) in [4.78, 5) is 16.0. The van der Waals surface area contributed by atoms with E-state index in [2.05, 4.69) is 15.6 Å². The fourth-order valence-electron chi connectivity index (χ4n) is 1.76. The van der Waals surface area contributed by atoms with Gasteiger partial charge in [0.05, 0.1) is 0 Å². The third-order valence-corrected chi connectivity index (χ3v) is 2.69. The van der Waals surface area contributed by atoms with Crippen molar-refractivity contribution in [1.29, 1.82) is 0 Å². The quantitative estimate of drug-likeness (QED) is 0.887. The molecule has 1 aromatic heterocycles. The molecule has 6 heteroatoms. The standard InChI is InChI=1S/C15H15F2N3O/c1-2-4-18-12-3-5-19-14(9-12)15(21)20-13-7-10(16)6-11(17)8-13/h3,5-9H,2,4H2,1H3,(H,18,19)(H,20,21). The highest BCUT2D eigenvalue weighted by Gasteiger charge is 2.10. The van der Waals surface area contributed by atoms with Crippen LogP contribution in [0.25, 0.3) is 0 Å². The summed E-state index contributed by atoms with van der Waals surface area (Å²) < 4.78 is 26.1. The van der Waals surface area contributed by atoms with Gasteiger partial charge in [-0.05, 0) is 30.7 Å². The Balaban J connectivity index is 2.12. The van der Waals surface area contributed by atoms with Crippen LogP contribution in [0.4, 0.5) is 20.2 Å². The van der Waals surface area contributed by atoms with Crippen molar-refractivity contribution in [2.24, 2.45) is 0 Å². The molecule has 0 aliphatic rings. The van der Waals surface area contributed by atoms with Crippen molar-refractivity contribution in [2.75, 3.05) is 17.2 Å². The van der Waals surface area contributed by atoms with E-state index in [0.717, 1.165) is 36.9 Å². The van der Waals surface area contributed by atoms with Gasteiger partial charge in [0.1, 0.15) is 17.3 Å². The van der Waals surface area contributed by atoms with Crippen LogP contribution in [-0.2, 0) is 0 Å². The number of carbonyl (C=O) groups is 1. The molecular weight excluding hydrogens is 276 g/mol. The Morgan fingerprint density at radius 1 is 1.14 bits per heavy atom. The van der Waals surface area contributed by atoms with Crippen LogP contribution in [-0.4, -0.2) is 17.4 Å². The molecule has 2 rings (SSSR count). The van der Waals surface area contributed by atoms with Crippen molar-refractivity contribution in [3.05, 3.63) is 53.9 Å². The lowest BCUT2D eigenvalue weighted by atomic mass is 10.2. The molecule has 0 spiro atoms. The Bertz CT molecular complexity index is 626. The van der Waals surface area contributed by atoms with Crippen molar-refractivity contribution >= 4 is 17.3 Å². The minimum absolute atomic E-state index is 0.0474. The van der Waals surface area contributed by atoms with Crippen LogP contribution in [0, 0.1) is 11.6 Å². The third kappa shape index (κ3) is 4.24. The van der Waals surface area contributed by atoms with Gasteiger partial charge in [-0.15, -0.1) is 0 Å². The molecule has 110 valence electrons. The molecule has 1 heterocycles. The molecule has 0 saturated carbocycles. The lowest BCUT2D eigenvalue weighted by Crippen LogP contribution is -2.14. The van der Waals surface area contributed by atoms with Gasteiger partial charge in [-0.25, -0.2) is 8.78 Å². The topological polar surface area (TPSA) is 54.0 Å². The lowest BCUT2D eigenvalue weighted by molar-refractivity contribution is 0.102. The zero-order chi connectivity index (χ0) is 15.2. The maximum Gasteiger partial charge on any atom is 0.274 e. The number of hydrogen-bond acceptors (Lipinski definition) is 3. The Morgan fingerprint density at radius 2 is 1.86 bits per heavy atom. The molecule has 2 aromatic rings. The minimum atomic E-state index is -0.753. The first-order valence-electron chi connectivity index (χ1n) is 6.56. The van der Waals surface area contributed by atoms with Crippen molar-refractivity contribution in [3.63, 3.8) is 0 Å². The molecule has 0 bridgehead atoms. The number of nitrogens with one attached hydrogen (secondary N) is 2. The second-order valence-corrected chi connectivity index (χ2v) is 4.47. The average Bonchev–Trinajstić information content (AvgIpc) is 2.44. The molecule has 0 aliphatic carbocycles. The Hall–Kier alpha value is -2.50. The van der Waals surface area contributed by atoms with E-state index >= 15 is 0 Å². The molecule has 2 N–H and O–H groups in total. The molecule has 0 saturated heterocycles. The van der Waals surface area contributed by atoms with Crippen LogP contribution < -0.4 is 10.6 Å². The smallest absolute Gasteiger partial charge is 0.274 e. The van der Waals surface area contributed by atoms with Gasteiger partial charge in [-0.1, -0.05) is 6.92 Å². The number of aromatic nitrogens is 1. The predicted octanol–water partition coefficient (Wildman–Crippen LogP) is 3.43. The number of halogens is 2. The monoisotopic (exact) mass is 291 g/mol. The molecule has 4 nitrogen and oxygen atoms in total. The van der Waals surface area contributed by atoms with Crippen molar-refractivity contribution in [2.45, 2.75) is 13.3 Å². The number of benzene rings is 1. The summed E-state index contributed by atoms with van der Waals surface area (Å²) in [6.45, 7) is 2.81. The van der Waals surface area contributed by atoms with E-state index in [-0.39, 0.29) is 11.4 Å². The van der Waals surface area contributed by atoms with Gasteiger partial charge in [-0.3, -0.25) is 9.78 Å². The summed E-state index contributed by atoms with van der Waals surface area (Å²) in [5, 5.41) is 5.55. The number of anilines is 2. The highest BCUT2D eigenvalue weighted by Crippen LogP contribution is 2.15. The Morgan fingerprint density at radius 3 is 2.52 bits per heavy atom. The van der Waals surface area contributed by atoms with Crippen LogP contribution >= 0.6 is 0 Å². The predicted molar refractivity (Wildman–Crippen MR) is 77.3 cm³/mol. The number of hydrogen-bond donors (Lipinski definition) is 2. The first-order valence-corrected chi connectivity index (χ1v) is 6.56. The Kier molecular flexibility index (Phi) is 4.81. The number of amides is 1. The summed E-state index contributed by atoms with van der Waals surface area (Å²) in [5.41, 5.74) is 0.981. The fourth-order valence-corrected chi connectivity index (χ4v) is 1.76. The van der Waals surface area contributed by atoms with Crippen LogP contribution in [0.1, 0.15) is 23.8 Å². The molecule has 0 fully saturated rings. The van der Waals surface area contributed by atoms with Crippen molar-refractivity contribution in [1.82, 2.24) is 4.98 Å². The molecule has 1 amide bonds. The molecule has 0 atom stereocenters. The van der Waals surface area contributed by atoms with E-state index in [1.165, 1.54) is 6.20 Å². The van der Waals surface area contributed by atoms with E-state index in [1.807, 2.05) is 6.92 Å². The van der Waals surface area contributed by atoms with Gasteiger partial charge in [0.25, 0.3) is 5.91 Å². The maximum absolute atomic E-state index is 13.1. The molecule has 0 unspecified atom stereocenters. The van der Waals surface area contributed by atoms with E-state index < -0.39 is 17.5 Å². The summed E-state index contributed by atoms with van der Waals surface area (Å²) >= 11 is 0. The van der Waals surface area contributed by atoms with E-state index in [4.69, 9.17) is 0 Å². The van der Waals surface area contributed by atoms with Gasteiger partial charge >= 0.3 is 0 Å². The average molecular weight is 291 g/mol. The van der Waals surface area contributed by atoms with Gasteiger partial charge in [0.15, 0.2) is 0 Å². The van der Waals surface area contributed by atoms with Crippen LogP contribution in [0.5, 0.6) is 0 Å². The third-order valence-electron chi connectivity index (χ3n) is 2.69. The number of pyridine rings is 1. The van der Waals surface area contributed by atoms with Gasteiger partial charge in [0.2, 0.25) is 0 Å². The van der Waals surface area contributed by atoms with Crippen molar-refractivity contribution < 1.29 is 13.6 Å². The molecular formula is C15H15F2N3O. The molecule has 21 heavy (non-hydrogen) atoms. The Labute approximate surface area is 121 Å². The number of carbonyl (C=O) groups excluding carboxylic acids is 1. The molecule has 0 radical (unpaired) electrons. The van der Waals surface area contributed by atoms with Gasteiger partial charge in [0, 0.05) is 30.2 Å². The minimum Gasteiger partial charge on any atom is -0.385 e. The summed E-state index contributed by atoms with van der Waals surface area (Å²) in [6, 6.07) is 6.15. The first-order chi connectivity index (χ1) is 10.1. The summed E-state index contributed by atoms with van der Waals surface area (Å²) in [7, 11) is 0. The van der Waals surface area contributed by atoms with Crippen molar-refractivity contribution in [3.8, 4) is 0 Å². The lowest BCUT2D eigenvalue weighted by Gasteiger charge is -2.08. The maximum atomic E-state index is 13.1. The summed E-state index contributed by atoms with van der Waals surface area (Å²) in [5.74, 6) is -2.03. The second kappa shape index (κ2) is 6.78. The zero-order valence-electron chi connectivity index (χ0n) is 11.5. The highest BCUT2D eigenvalue weighted by molar-refractivity contribution is 6.03.